The summed E-state index contributed by atoms with van der Waals surface area (Å²) >= 11 is 18.1. The summed E-state index contributed by atoms with van der Waals surface area (Å²) in [5.74, 6) is 0.396. The van der Waals surface area contributed by atoms with Gasteiger partial charge in [-0.2, -0.15) is 0 Å². The average Bonchev–Trinajstić information content (AvgIpc) is 2.82. The van der Waals surface area contributed by atoms with Crippen LogP contribution in [0.25, 0.3) is 11.0 Å². The fourth-order valence-electron chi connectivity index (χ4n) is 2.21. The van der Waals surface area contributed by atoms with E-state index in [0.717, 1.165) is 17.5 Å². The van der Waals surface area contributed by atoms with Gasteiger partial charge in [-0.15, -0.1) is 0 Å². The highest BCUT2D eigenvalue weighted by atomic mass is 35.6. The number of para-hydroxylation sites is 2. The molecule has 0 spiro atoms. The third-order valence-electron chi connectivity index (χ3n) is 3.27. The predicted molar refractivity (Wildman–Crippen MR) is 86.3 cm³/mol. The van der Waals surface area contributed by atoms with Crippen molar-refractivity contribution in [2.24, 2.45) is 0 Å². The summed E-state index contributed by atoms with van der Waals surface area (Å²) in [5, 5.41) is 0. The van der Waals surface area contributed by atoms with Crippen LogP contribution in [0, 0.1) is 0 Å². The summed E-state index contributed by atoms with van der Waals surface area (Å²) in [5.41, 5.74) is 1.71. The molecule has 0 saturated heterocycles. The van der Waals surface area contributed by atoms with Crippen LogP contribution in [0.2, 0.25) is 0 Å². The van der Waals surface area contributed by atoms with Gasteiger partial charge < -0.3 is 14.0 Å². The lowest BCUT2D eigenvalue weighted by molar-refractivity contribution is 0.0551. The zero-order valence-electron chi connectivity index (χ0n) is 11.9. The second kappa shape index (κ2) is 7.16. The molecule has 0 aliphatic carbocycles. The number of hydrogen-bond donors (Lipinski definition) is 0. The predicted octanol–water partition coefficient (Wildman–Crippen LogP) is 3.91. The molecule has 2 aromatic rings. The van der Waals surface area contributed by atoms with E-state index in [0.29, 0.717) is 19.0 Å². The molecule has 0 radical (unpaired) electrons. The summed E-state index contributed by atoms with van der Waals surface area (Å²) in [6.07, 6.45) is 0.701. The number of ether oxygens (including phenoxy) is 2. The molecule has 2 rings (SSSR count). The van der Waals surface area contributed by atoms with Crippen LogP contribution >= 0.6 is 34.8 Å². The Morgan fingerprint density at radius 2 is 1.95 bits per heavy atom. The van der Waals surface area contributed by atoms with E-state index in [4.69, 9.17) is 44.3 Å². The van der Waals surface area contributed by atoms with Gasteiger partial charge in [-0.3, -0.25) is 0 Å². The standard InChI is InChI=1S/C14H17Cl3N2O2/c1-20-8-7-10(21-2)9-19-12-6-4-3-5-11(12)18-13(19)14(15,16)17/h3-6,10H,7-9H2,1-2H3. The summed E-state index contributed by atoms with van der Waals surface area (Å²) in [4.78, 5) is 4.43. The Morgan fingerprint density at radius 3 is 2.57 bits per heavy atom. The molecule has 21 heavy (non-hydrogen) atoms. The van der Waals surface area contributed by atoms with Crippen LogP contribution in [-0.4, -0.2) is 36.5 Å². The number of alkyl halides is 3. The van der Waals surface area contributed by atoms with E-state index in [2.05, 4.69) is 4.98 Å². The van der Waals surface area contributed by atoms with Crippen molar-refractivity contribution < 1.29 is 9.47 Å². The number of aromatic nitrogens is 2. The Hall–Kier alpha value is -0.520. The SMILES string of the molecule is COCCC(Cn1c(C(Cl)(Cl)Cl)nc2ccccc21)OC. The van der Waals surface area contributed by atoms with E-state index < -0.39 is 3.79 Å². The van der Waals surface area contributed by atoms with Crippen LogP contribution in [0.15, 0.2) is 24.3 Å². The minimum absolute atomic E-state index is 0.0475. The molecule has 7 heteroatoms. The average molecular weight is 352 g/mol. The van der Waals surface area contributed by atoms with Crippen molar-refractivity contribution in [3.8, 4) is 0 Å². The lowest BCUT2D eigenvalue weighted by Gasteiger charge is -2.20. The largest absolute Gasteiger partial charge is 0.385 e. The Labute approximate surface area is 138 Å². The van der Waals surface area contributed by atoms with Crippen molar-refractivity contribution in [2.75, 3.05) is 20.8 Å². The maximum Gasteiger partial charge on any atom is 0.248 e. The molecule has 116 valence electrons. The van der Waals surface area contributed by atoms with Crippen molar-refractivity contribution >= 4 is 45.8 Å². The van der Waals surface area contributed by atoms with Gasteiger partial charge in [0.1, 0.15) is 0 Å². The molecule has 1 atom stereocenters. The van der Waals surface area contributed by atoms with E-state index >= 15 is 0 Å². The minimum Gasteiger partial charge on any atom is -0.385 e. The van der Waals surface area contributed by atoms with Gasteiger partial charge >= 0.3 is 0 Å². The smallest absolute Gasteiger partial charge is 0.248 e. The van der Waals surface area contributed by atoms with Gasteiger partial charge in [-0.25, -0.2) is 4.98 Å². The highest BCUT2D eigenvalue weighted by Gasteiger charge is 2.31. The summed E-state index contributed by atoms with van der Waals surface area (Å²) in [6.45, 7) is 1.15. The number of methoxy groups -OCH3 is 2. The van der Waals surface area contributed by atoms with Gasteiger partial charge in [0.2, 0.25) is 3.79 Å². The first kappa shape index (κ1) is 16.8. The normalized spacial score (nSPS) is 13.8. The fraction of sp³-hybridized carbons (Fsp3) is 0.500. The van der Waals surface area contributed by atoms with Gasteiger partial charge in [-0.05, 0) is 18.6 Å². The number of rotatable bonds is 6. The quantitative estimate of drug-likeness (QED) is 0.740. The molecule has 0 N–H and O–H groups in total. The molecule has 1 aromatic carbocycles. The van der Waals surface area contributed by atoms with E-state index in [-0.39, 0.29) is 6.10 Å². The molecule has 0 fully saturated rings. The van der Waals surface area contributed by atoms with Crippen molar-refractivity contribution in [2.45, 2.75) is 22.9 Å². The van der Waals surface area contributed by atoms with Crippen molar-refractivity contribution in [1.29, 1.82) is 0 Å². The highest BCUT2D eigenvalue weighted by molar-refractivity contribution is 6.66. The third-order valence-corrected chi connectivity index (χ3v) is 3.78. The monoisotopic (exact) mass is 350 g/mol. The van der Waals surface area contributed by atoms with Gasteiger partial charge in [0, 0.05) is 20.8 Å². The first-order chi connectivity index (χ1) is 9.97. The maximum atomic E-state index is 6.05. The molecule has 0 aliphatic heterocycles. The minimum atomic E-state index is -1.58. The fourth-order valence-corrected chi connectivity index (χ4v) is 2.65. The van der Waals surface area contributed by atoms with E-state index in [1.165, 1.54) is 0 Å². The van der Waals surface area contributed by atoms with E-state index in [9.17, 15) is 0 Å². The molecule has 1 heterocycles. The van der Waals surface area contributed by atoms with Gasteiger partial charge in [-0.1, -0.05) is 46.9 Å². The number of nitrogens with zero attached hydrogens (tertiary/aromatic N) is 2. The van der Waals surface area contributed by atoms with Crippen molar-refractivity contribution in [3.05, 3.63) is 30.1 Å². The molecule has 0 saturated carbocycles. The van der Waals surface area contributed by atoms with Crippen LogP contribution < -0.4 is 0 Å². The number of halogens is 3. The van der Waals surface area contributed by atoms with Crippen LogP contribution in [0.5, 0.6) is 0 Å². The molecule has 0 bridgehead atoms. The molecule has 1 unspecified atom stereocenters. The van der Waals surface area contributed by atoms with E-state index in [1.54, 1.807) is 14.2 Å². The number of fused-ring (bicyclic) bond motifs is 1. The Kier molecular flexibility index (Phi) is 5.74. The van der Waals surface area contributed by atoms with Crippen molar-refractivity contribution in [3.63, 3.8) is 0 Å². The maximum absolute atomic E-state index is 6.05. The molecular weight excluding hydrogens is 335 g/mol. The van der Waals surface area contributed by atoms with Gasteiger partial charge in [0.25, 0.3) is 0 Å². The molecule has 0 aliphatic rings. The molecule has 1 aromatic heterocycles. The summed E-state index contributed by atoms with van der Waals surface area (Å²) in [7, 11) is 3.32. The van der Waals surface area contributed by atoms with E-state index in [1.807, 2.05) is 28.8 Å². The second-order valence-corrected chi connectivity index (χ2v) is 6.95. The zero-order valence-corrected chi connectivity index (χ0v) is 14.1. The number of hydrogen-bond acceptors (Lipinski definition) is 3. The Morgan fingerprint density at radius 1 is 1.24 bits per heavy atom. The highest BCUT2D eigenvalue weighted by Crippen LogP contribution is 2.39. The third kappa shape index (κ3) is 4.02. The van der Waals surface area contributed by atoms with Crippen LogP contribution in [0.4, 0.5) is 0 Å². The Bertz CT molecular complexity index is 595. The van der Waals surface area contributed by atoms with Crippen LogP contribution in [-0.2, 0) is 19.8 Å². The first-order valence-electron chi connectivity index (χ1n) is 6.51. The number of imidazole rings is 1. The molecule has 4 nitrogen and oxygen atoms in total. The Balaban J connectivity index is 2.40. The van der Waals surface area contributed by atoms with Crippen LogP contribution in [0.3, 0.4) is 0 Å². The second-order valence-electron chi connectivity index (χ2n) is 4.67. The van der Waals surface area contributed by atoms with Crippen LogP contribution in [0.1, 0.15) is 12.2 Å². The number of benzene rings is 1. The van der Waals surface area contributed by atoms with Gasteiger partial charge in [0.15, 0.2) is 5.82 Å². The topological polar surface area (TPSA) is 36.3 Å². The molecule has 0 amide bonds. The summed E-state index contributed by atoms with van der Waals surface area (Å²) < 4.78 is 10.9. The summed E-state index contributed by atoms with van der Waals surface area (Å²) in [6, 6.07) is 7.67. The molecular formula is C14H17Cl3N2O2. The zero-order chi connectivity index (χ0) is 15.5. The van der Waals surface area contributed by atoms with Gasteiger partial charge in [0.05, 0.1) is 23.7 Å². The first-order valence-corrected chi connectivity index (χ1v) is 7.65. The lowest BCUT2D eigenvalue weighted by atomic mass is 10.2. The van der Waals surface area contributed by atoms with Crippen molar-refractivity contribution in [1.82, 2.24) is 9.55 Å². The lowest BCUT2D eigenvalue weighted by Crippen LogP contribution is -2.23.